The predicted octanol–water partition coefficient (Wildman–Crippen LogP) is 2.95. The van der Waals surface area contributed by atoms with Crippen molar-refractivity contribution < 1.29 is 14.8 Å². The summed E-state index contributed by atoms with van der Waals surface area (Å²) in [5.41, 5.74) is 14.4. The standard InChI is InChI=1S/C25H31ClN6O3/c1-15(2)30-17(4)25(34)32(23(16(3)26)20-6-5-7-21(27)12-20)14-22(33)29-13-18-8-10-19(11-9-18)24(28)31-35/h5-12,15,30,35H,4,13-14,27H2,1-3H3,(H2,28,31)(H,29,33)/b23-16+. The second kappa shape index (κ2) is 12.5. The molecule has 0 bridgehead atoms. The summed E-state index contributed by atoms with van der Waals surface area (Å²) in [5, 5.41) is 17.8. The molecule has 0 aliphatic heterocycles. The van der Waals surface area contributed by atoms with Gasteiger partial charge in [0, 0.05) is 34.4 Å². The zero-order chi connectivity index (χ0) is 26.1. The molecule has 10 heteroatoms. The zero-order valence-electron chi connectivity index (χ0n) is 20.0. The Bertz CT molecular complexity index is 1140. The van der Waals surface area contributed by atoms with Crippen molar-refractivity contribution in [3.63, 3.8) is 0 Å². The Morgan fingerprint density at radius 3 is 2.37 bits per heavy atom. The summed E-state index contributed by atoms with van der Waals surface area (Å²) < 4.78 is 0. The van der Waals surface area contributed by atoms with Crippen molar-refractivity contribution >= 4 is 40.6 Å². The topological polar surface area (TPSA) is 146 Å². The Kier molecular flexibility index (Phi) is 9.72. The molecule has 0 radical (unpaired) electrons. The molecule has 35 heavy (non-hydrogen) atoms. The van der Waals surface area contributed by atoms with Crippen LogP contribution in [0.15, 0.2) is 71.0 Å². The molecule has 2 aromatic rings. The fourth-order valence-corrected chi connectivity index (χ4v) is 3.51. The molecule has 0 unspecified atom stereocenters. The molecule has 0 atom stereocenters. The van der Waals surface area contributed by atoms with Gasteiger partial charge in [0.1, 0.15) is 6.54 Å². The molecule has 7 N–H and O–H groups in total. The SMILES string of the molecule is C=C(NC(C)C)C(=O)N(CC(=O)NCc1ccc(/C(N)=N\O)cc1)/C(=C(\C)Cl)c1cccc(N)c1. The van der Waals surface area contributed by atoms with Gasteiger partial charge in [0.2, 0.25) is 5.91 Å². The number of amidine groups is 1. The van der Waals surface area contributed by atoms with Crippen molar-refractivity contribution in [2.75, 3.05) is 12.3 Å². The quantitative estimate of drug-likeness (QED) is 0.0849. The fourth-order valence-electron chi connectivity index (χ4n) is 3.30. The lowest BCUT2D eigenvalue weighted by Crippen LogP contribution is -2.43. The van der Waals surface area contributed by atoms with Gasteiger partial charge in [-0.05, 0) is 38.5 Å². The number of anilines is 1. The number of rotatable bonds is 10. The van der Waals surface area contributed by atoms with Crippen molar-refractivity contribution in [3.8, 4) is 0 Å². The molecule has 0 aliphatic carbocycles. The number of nitrogen functional groups attached to an aromatic ring is 1. The van der Waals surface area contributed by atoms with Gasteiger partial charge in [0.15, 0.2) is 5.84 Å². The minimum atomic E-state index is -0.491. The van der Waals surface area contributed by atoms with Crippen LogP contribution in [0.25, 0.3) is 5.70 Å². The average Bonchev–Trinajstić information content (AvgIpc) is 2.81. The van der Waals surface area contributed by atoms with Crippen molar-refractivity contribution in [2.45, 2.75) is 33.4 Å². The van der Waals surface area contributed by atoms with Crippen LogP contribution >= 0.6 is 11.6 Å². The van der Waals surface area contributed by atoms with Gasteiger partial charge in [-0.25, -0.2) is 0 Å². The van der Waals surface area contributed by atoms with E-state index in [9.17, 15) is 9.59 Å². The highest BCUT2D eigenvalue weighted by Crippen LogP contribution is 2.27. The molecule has 0 spiro atoms. The number of carbonyl (C=O) groups is 2. The number of nitrogens with two attached hydrogens (primary N) is 2. The third-order valence-electron chi connectivity index (χ3n) is 4.87. The van der Waals surface area contributed by atoms with E-state index >= 15 is 0 Å². The second-order valence-corrected chi connectivity index (χ2v) is 8.70. The molecule has 9 nitrogen and oxygen atoms in total. The normalized spacial score (nSPS) is 12.1. The fraction of sp³-hybridized carbons (Fsp3) is 0.240. The van der Waals surface area contributed by atoms with Crippen LogP contribution in [0.2, 0.25) is 0 Å². The van der Waals surface area contributed by atoms with Crippen molar-refractivity contribution in [3.05, 3.63) is 82.5 Å². The van der Waals surface area contributed by atoms with Gasteiger partial charge in [-0.2, -0.15) is 0 Å². The molecule has 0 aromatic heterocycles. The van der Waals surface area contributed by atoms with Gasteiger partial charge in [-0.3, -0.25) is 14.5 Å². The Balaban J connectivity index is 2.27. The van der Waals surface area contributed by atoms with Crippen molar-refractivity contribution in [2.24, 2.45) is 10.9 Å². The number of benzene rings is 2. The Labute approximate surface area is 210 Å². The lowest BCUT2D eigenvalue weighted by atomic mass is 10.1. The summed E-state index contributed by atoms with van der Waals surface area (Å²) in [7, 11) is 0. The number of hydrogen-bond acceptors (Lipinski definition) is 6. The summed E-state index contributed by atoms with van der Waals surface area (Å²) in [6.45, 7) is 9.14. The lowest BCUT2D eigenvalue weighted by molar-refractivity contribution is -0.130. The molecular formula is C25H31ClN6O3. The van der Waals surface area contributed by atoms with Crippen LogP contribution in [0.1, 0.15) is 37.5 Å². The molecule has 0 aliphatic rings. The largest absolute Gasteiger partial charge is 0.409 e. The molecule has 186 valence electrons. The first-order valence-electron chi connectivity index (χ1n) is 10.9. The highest BCUT2D eigenvalue weighted by molar-refractivity contribution is 6.32. The van der Waals surface area contributed by atoms with Crippen LogP contribution in [0.5, 0.6) is 0 Å². The molecule has 2 aromatic carbocycles. The Hall–Kier alpha value is -3.98. The molecule has 2 rings (SSSR count). The first kappa shape index (κ1) is 27.3. The second-order valence-electron chi connectivity index (χ2n) is 8.14. The van der Waals surface area contributed by atoms with Crippen LogP contribution in [0.3, 0.4) is 0 Å². The van der Waals surface area contributed by atoms with Gasteiger partial charge < -0.3 is 27.3 Å². The van der Waals surface area contributed by atoms with E-state index in [4.69, 9.17) is 28.3 Å². The van der Waals surface area contributed by atoms with Gasteiger partial charge >= 0.3 is 0 Å². The predicted molar refractivity (Wildman–Crippen MR) is 139 cm³/mol. The van der Waals surface area contributed by atoms with Crippen LogP contribution < -0.4 is 22.1 Å². The monoisotopic (exact) mass is 498 g/mol. The van der Waals surface area contributed by atoms with Gasteiger partial charge in [-0.1, -0.05) is 59.7 Å². The maximum absolute atomic E-state index is 13.3. The first-order chi connectivity index (χ1) is 16.5. The molecule has 0 saturated carbocycles. The number of hydrogen-bond donors (Lipinski definition) is 5. The average molecular weight is 499 g/mol. The number of nitrogens with one attached hydrogen (secondary N) is 2. The molecule has 0 heterocycles. The maximum atomic E-state index is 13.3. The molecule has 0 fully saturated rings. The maximum Gasteiger partial charge on any atom is 0.274 e. The van der Waals surface area contributed by atoms with E-state index in [0.717, 1.165) is 5.56 Å². The van der Waals surface area contributed by atoms with Crippen LogP contribution in [-0.4, -0.2) is 40.3 Å². The summed E-state index contributed by atoms with van der Waals surface area (Å²) in [5.74, 6) is -0.910. The lowest BCUT2D eigenvalue weighted by Gasteiger charge is -2.28. The molecule has 0 saturated heterocycles. The highest BCUT2D eigenvalue weighted by atomic mass is 35.5. The number of allylic oxidation sites excluding steroid dienone is 1. The van der Waals surface area contributed by atoms with E-state index < -0.39 is 11.8 Å². The Morgan fingerprint density at radius 1 is 1.17 bits per heavy atom. The summed E-state index contributed by atoms with van der Waals surface area (Å²) >= 11 is 6.41. The number of halogens is 1. The van der Waals surface area contributed by atoms with Crippen LogP contribution in [-0.2, 0) is 16.1 Å². The molecule has 2 amide bonds. The number of carbonyl (C=O) groups excluding carboxylic acids is 2. The van der Waals surface area contributed by atoms with Gasteiger partial charge in [-0.15, -0.1) is 0 Å². The Morgan fingerprint density at radius 2 is 1.83 bits per heavy atom. The summed E-state index contributed by atoms with van der Waals surface area (Å²) in [6, 6.07) is 13.7. The van der Waals surface area contributed by atoms with E-state index in [2.05, 4.69) is 22.4 Å². The highest BCUT2D eigenvalue weighted by Gasteiger charge is 2.26. The number of nitrogens with zero attached hydrogens (tertiary/aromatic N) is 2. The summed E-state index contributed by atoms with van der Waals surface area (Å²) in [6.07, 6.45) is 0. The van der Waals surface area contributed by atoms with Gasteiger partial charge in [0.05, 0.1) is 11.4 Å². The van der Waals surface area contributed by atoms with Gasteiger partial charge in [0.25, 0.3) is 5.91 Å². The van der Waals surface area contributed by atoms with E-state index in [1.165, 1.54) is 4.90 Å². The number of oxime groups is 1. The van der Waals surface area contributed by atoms with Crippen LogP contribution in [0.4, 0.5) is 5.69 Å². The smallest absolute Gasteiger partial charge is 0.274 e. The van der Waals surface area contributed by atoms with Crippen LogP contribution in [0, 0.1) is 0 Å². The molecular weight excluding hydrogens is 468 g/mol. The van der Waals surface area contributed by atoms with E-state index in [0.29, 0.717) is 27.5 Å². The first-order valence-corrected chi connectivity index (χ1v) is 11.2. The minimum absolute atomic E-state index is 0.0118. The minimum Gasteiger partial charge on any atom is -0.409 e. The van der Waals surface area contributed by atoms with E-state index in [-0.39, 0.29) is 30.7 Å². The van der Waals surface area contributed by atoms with Crippen molar-refractivity contribution in [1.29, 1.82) is 0 Å². The van der Waals surface area contributed by atoms with E-state index in [1.807, 2.05) is 13.8 Å². The third kappa shape index (κ3) is 7.79. The van der Waals surface area contributed by atoms with E-state index in [1.54, 1.807) is 55.5 Å². The number of amides is 2. The zero-order valence-corrected chi connectivity index (χ0v) is 20.8. The van der Waals surface area contributed by atoms with Crippen molar-refractivity contribution in [1.82, 2.24) is 15.5 Å². The third-order valence-corrected chi connectivity index (χ3v) is 5.05. The summed E-state index contributed by atoms with van der Waals surface area (Å²) in [4.78, 5) is 27.5.